The molecule has 0 saturated heterocycles. The molecule has 2 aromatic rings. The number of nitrogens with one attached hydrogen (secondary N) is 1. The first-order valence-electron chi connectivity index (χ1n) is 5.74. The van der Waals surface area contributed by atoms with Crippen LogP contribution in [-0.2, 0) is 4.79 Å². The minimum Gasteiger partial charge on any atom is -0.321 e. The molecule has 1 N–H and O–H groups in total. The van der Waals surface area contributed by atoms with E-state index in [4.69, 9.17) is 34.8 Å². The Balaban J connectivity index is 2.05. The van der Waals surface area contributed by atoms with Crippen LogP contribution in [0.25, 0.3) is 6.08 Å². The fourth-order valence-corrected chi connectivity index (χ4v) is 2.20. The van der Waals surface area contributed by atoms with Gasteiger partial charge in [0.2, 0.25) is 5.91 Å². The first-order valence-corrected chi connectivity index (χ1v) is 6.88. The maximum Gasteiger partial charge on any atom is 0.248 e. The molecule has 2 aromatic carbocycles. The maximum atomic E-state index is 11.8. The third-order valence-corrected chi connectivity index (χ3v) is 3.25. The molecule has 0 saturated carbocycles. The number of hydrogen-bond acceptors (Lipinski definition) is 1. The molecule has 2 nitrogen and oxygen atoms in total. The van der Waals surface area contributed by atoms with Crippen molar-refractivity contribution in [2.75, 3.05) is 5.32 Å². The number of hydrogen-bond donors (Lipinski definition) is 1. The van der Waals surface area contributed by atoms with Crippen LogP contribution in [0, 0.1) is 0 Å². The summed E-state index contributed by atoms with van der Waals surface area (Å²) in [6.07, 6.45) is 3.08. The van der Waals surface area contributed by atoms with E-state index in [9.17, 15) is 4.79 Å². The third kappa shape index (κ3) is 4.27. The molecule has 20 heavy (non-hydrogen) atoms. The molecule has 0 aliphatic carbocycles. The van der Waals surface area contributed by atoms with Crippen molar-refractivity contribution in [1.82, 2.24) is 0 Å². The lowest BCUT2D eigenvalue weighted by Gasteiger charge is -2.04. The second-order valence-electron chi connectivity index (χ2n) is 4.00. The highest BCUT2D eigenvalue weighted by atomic mass is 35.5. The SMILES string of the molecule is O=C(C=Cc1cccc(Cl)c1)Nc1ccc(Cl)cc1Cl. The van der Waals surface area contributed by atoms with Crippen molar-refractivity contribution in [2.45, 2.75) is 0 Å². The Morgan fingerprint density at radius 2 is 1.75 bits per heavy atom. The quantitative estimate of drug-likeness (QED) is 0.762. The van der Waals surface area contributed by atoms with Crippen LogP contribution in [-0.4, -0.2) is 5.91 Å². The van der Waals surface area contributed by atoms with E-state index < -0.39 is 0 Å². The van der Waals surface area contributed by atoms with Crippen LogP contribution < -0.4 is 5.32 Å². The highest BCUT2D eigenvalue weighted by Crippen LogP contribution is 2.25. The minimum atomic E-state index is -0.283. The van der Waals surface area contributed by atoms with Crippen molar-refractivity contribution < 1.29 is 4.79 Å². The summed E-state index contributed by atoms with van der Waals surface area (Å²) >= 11 is 17.6. The monoisotopic (exact) mass is 325 g/mol. The molecule has 0 fully saturated rings. The van der Waals surface area contributed by atoms with Gasteiger partial charge in [0.15, 0.2) is 0 Å². The number of carbonyl (C=O) groups is 1. The van der Waals surface area contributed by atoms with Gasteiger partial charge in [-0.15, -0.1) is 0 Å². The fraction of sp³-hybridized carbons (Fsp3) is 0. The van der Waals surface area contributed by atoms with Crippen molar-refractivity contribution in [3.63, 3.8) is 0 Å². The van der Waals surface area contributed by atoms with Gasteiger partial charge in [-0.05, 0) is 42.0 Å². The predicted molar refractivity (Wildman–Crippen MR) is 85.6 cm³/mol. The molecule has 0 aliphatic heterocycles. The van der Waals surface area contributed by atoms with Gasteiger partial charge in [-0.1, -0.05) is 46.9 Å². The van der Waals surface area contributed by atoms with E-state index in [1.54, 1.807) is 36.4 Å². The number of halogens is 3. The molecule has 0 heterocycles. The first-order chi connectivity index (χ1) is 9.54. The van der Waals surface area contributed by atoms with Gasteiger partial charge >= 0.3 is 0 Å². The van der Waals surface area contributed by atoms with Crippen LogP contribution in [0.3, 0.4) is 0 Å². The van der Waals surface area contributed by atoms with Gasteiger partial charge in [0.25, 0.3) is 0 Å². The summed E-state index contributed by atoms with van der Waals surface area (Å²) in [5.74, 6) is -0.283. The molecule has 0 aromatic heterocycles. The highest BCUT2D eigenvalue weighted by Gasteiger charge is 2.03. The summed E-state index contributed by atoms with van der Waals surface area (Å²) < 4.78 is 0. The van der Waals surface area contributed by atoms with Crippen molar-refractivity contribution >= 4 is 52.5 Å². The standard InChI is InChI=1S/C15H10Cl3NO/c16-11-3-1-2-10(8-11)4-7-15(20)19-14-6-5-12(17)9-13(14)18/h1-9H,(H,19,20). The summed E-state index contributed by atoms with van der Waals surface area (Å²) in [7, 11) is 0. The van der Waals surface area contributed by atoms with Crippen LogP contribution in [0.5, 0.6) is 0 Å². The van der Waals surface area contributed by atoms with Gasteiger partial charge in [-0.3, -0.25) is 4.79 Å². The molecule has 1 amide bonds. The van der Waals surface area contributed by atoms with Gasteiger partial charge in [-0.25, -0.2) is 0 Å². The summed E-state index contributed by atoms with van der Waals surface area (Å²) in [6, 6.07) is 12.1. The Morgan fingerprint density at radius 3 is 2.45 bits per heavy atom. The summed E-state index contributed by atoms with van der Waals surface area (Å²) in [4.78, 5) is 11.8. The van der Waals surface area contributed by atoms with Gasteiger partial charge in [0, 0.05) is 16.1 Å². The molecule has 0 bridgehead atoms. The second kappa shape index (κ2) is 6.80. The fourth-order valence-electron chi connectivity index (χ4n) is 1.55. The number of amides is 1. The highest BCUT2D eigenvalue weighted by molar-refractivity contribution is 6.36. The van der Waals surface area contributed by atoms with Crippen molar-refractivity contribution in [2.24, 2.45) is 0 Å². The van der Waals surface area contributed by atoms with E-state index in [1.165, 1.54) is 6.08 Å². The topological polar surface area (TPSA) is 29.1 Å². The molecule has 0 spiro atoms. The lowest BCUT2D eigenvalue weighted by molar-refractivity contribution is -0.111. The molecule has 0 atom stereocenters. The smallest absolute Gasteiger partial charge is 0.248 e. The van der Waals surface area contributed by atoms with Crippen molar-refractivity contribution in [3.05, 3.63) is 69.2 Å². The molecule has 5 heteroatoms. The van der Waals surface area contributed by atoms with Gasteiger partial charge < -0.3 is 5.32 Å². The van der Waals surface area contributed by atoms with Gasteiger partial charge in [0.1, 0.15) is 0 Å². The van der Waals surface area contributed by atoms with E-state index in [1.807, 2.05) is 12.1 Å². The lowest BCUT2D eigenvalue weighted by atomic mass is 10.2. The van der Waals surface area contributed by atoms with E-state index >= 15 is 0 Å². The number of benzene rings is 2. The minimum absolute atomic E-state index is 0.283. The van der Waals surface area contributed by atoms with Crippen LogP contribution >= 0.6 is 34.8 Å². The molecule has 2 rings (SSSR count). The van der Waals surface area contributed by atoms with Crippen molar-refractivity contribution in [3.8, 4) is 0 Å². The van der Waals surface area contributed by atoms with Crippen LogP contribution in [0.15, 0.2) is 48.5 Å². The second-order valence-corrected chi connectivity index (χ2v) is 5.28. The molecule has 0 aliphatic rings. The number of rotatable bonds is 3. The predicted octanol–water partition coefficient (Wildman–Crippen LogP) is 5.30. The Labute approximate surface area is 132 Å². The third-order valence-electron chi connectivity index (χ3n) is 2.46. The maximum absolute atomic E-state index is 11.8. The van der Waals surface area contributed by atoms with Gasteiger partial charge in [0.05, 0.1) is 10.7 Å². The zero-order chi connectivity index (χ0) is 14.5. The van der Waals surface area contributed by atoms with E-state index in [0.717, 1.165) is 5.56 Å². The zero-order valence-corrected chi connectivity index (χ0v) is 12.5. The Bertz CT molecular complexity index is 668. The molecule has 0 radical (unpaired) electrons. The molecular weight excluding hydrogens is 317 g/mol. The first kappa shape index (κ1) is 14.9. The van der Waals surface area contributed by atoms with Gasteiger partial charge in [-0.2, -0.15) is 0 Å². The van der Waals surface area contributed by atoms with E-state index in [-0.39, 0.29) is 5.91 Å². The van der Waals surface area contributed by atoms with Crippen LogP contribution in [0.4, 0.5) is 5.69 Å². The molecular formula is C15H10Cl3NO. The van der Waals surface area contributed by atoms with E-state index in [2.05, 4.69) is 5.32 Å². The average molecular weight is 327 g/mol. The Morgan fingerprint density at radius 1 is 1.00 bits per heavy atom. The van der Waals surface area contributed by atoms with Crippen LogP contribution in [0.1, 0.15) is 5.56 Å². The van der Waals surface area contributed by atoms with Crippen LogP contribution in [0.2, 0.25) is 15.1 Å². The summed E-state index contributed by atoms with van der Waals surface area (Å²) in [5, 5.41) is 4.20. The average Bonchev–Trinajstić information content (AvgIpc) is 2.40. The summed E-state index contributed by atoms with van der Waals surface area (Å²) in [5.41, 5.74) is 1.35. The molecule has 102 valence electrons. The number of carbonyl (C=O) groups excluding carboxylic acids is 1. The zero-order valence-electron chi connectivity index (χ0n) is 10.2. The Kier molecular flexibility index (Phi) is 5.07. The van der Waals surface area contributed by atoms with E-state index in [0.29, 0.717) is 20.8 Å². The molecule has 0 unspecified atom stereocenters. The Hall–Kier alpha value is -1.48. The normalized spacial score (nSPS) is 10.8. The van der Waals surface area contributed by atoms with Crippen molar-refractivity contribution in [1.29, 1.82) is 0 Å². The largest absolute Gasteiger partial charge is 0.321 e. The lowest BCUT2D eigenvalue weighted by Crippen LogP contribution is -2.08. The summed E-state index contributed by atoms with van der Waals surface area (Å²) in [6.45, 7) is 0. The number of anilines is 1.